The lowest BCUT2D eigenvalue weighted by Crippen LogP contribution is -2.26. The lowest BCUT2D eigenvalue weighted by molar-refractivity contribution is 0.0140. The molecule has 0 aliphatic carbocycles. The average Bonchev–Trinajstić information content (AvgIpc) is 2.20. The fraction of sp³-hybridized carbons (Fsp3) is 0.364. The summed E-state index contributed by atoms with van der Waals surface area (Å²) in [6.07, 6.45) is 5.61. The maximum atomic E-state index is 10.2. The first-order chi connectivity index (χ1) is 6.73. The summed E-state index contributed by atoms with van der Waals surface area (Å²) in [5.74, 6) is 0. The monoisotopic (exact) mass is 193 g/mol. The van der Waals surface area contributed by atoms with Gasteiger partial charge in [-0.15, -0.1) is 6.58 Å². The van der Waals surface area contributed by atoms with Crippen molar-refractivity contribution >= 4 is 0 Å². The highest BCUT2D eigenvalue weighted by Crippen LogP contribution is 2.27. The summed E-state index contributed by atoms with van der Waals surface area (Å²) in [4.78, 5) is 3.94. The van der Waals surface area contributed by atoms with Crippen LogP contribution in [0.5, 0.6) is 0 Å². The van der Waals surface area contributed by atoms with Gasteiger partial charge in [0.2, 0.25) is 0 Å². The molecule has 0 aromatic carbocycles. The van der Waals surface area contributed by atoms with E-state index in [9.17, 15) is 5.11 Å². The fourth-order valence-corrected chi connectivity index (χ4v) is 1.43. The second kappa shape index (κ2) is 4.88. The van der Waals surface area contributed by atoms with Crippen LogP contribution in [0.25, 0.3) is 0 Å². The Labute approximate surface area is 83.7 Å². The van der Waals surface area contributed by atoms with Gasteiger partial charge in [-0.05, 0) is 12.5 Å². The molecule has 0 radical (unpaired) electrons. The second-order valence-corrected chi connectivity index (χ2v) is 3.24. The molecule has 0 aliphatic heterocycles. The van der Waals surface area contributed by atoms with Gasteiger partial charge in [-0.3, -0.25) is 4.98 Å². The minimum absolute atomic E-state index is 0.0563. The lowest BCUT2D eigenvalue weighted by atomic mass is 9.89. The minimum Gasteiger partial charge on any atom is -0.396 e. The van der Waals surface area contributed by atoms with Crippen LogP contribution >= 0.6 is 0 Å². The third-order valence-electron chi connectivity index (χ3n) is 2.21. The molecule has 0 saturated heterocycles. The van der Waals surface area contributed by atoms with Crippen LogP contribution in [0, 0.1) is 0 Å². The quantitative estimate of drug-likeness (QED) is 0.691. The number of hydrogen-bond acceptors (Lipinski definition) is 3. The minimum atomic E-state index is -1.04. The lowest BCUT2D eigenvalue weighted by Gasteiger charge is -2.26. The van der Waals surface area contributed by atoms with Crippen molar-refractivity contribution in [3.8, 4) is 0 Å². The molecule has 0 saturated carbocycles. The molecule has 2 N–H and O–H groups in total. The summed E-state index contributed by atoms with van der Waals surface area (Å²) in [6, 6.07) is 3.56. The Morgan fingerprint density at radius 2 is 2.36 bits per heavy atom. The summed E-state index contributed by atoms with van der Waals surface area (Å²) in [5, 5.41) is 19.1. The van der Waals surface area contributed by atoms with Gasteiger partial charge in [0, 0.05) is 31.0 Å². The van der Waals surface area contributed by atoms with Crippen LogP contribution in [0.15, 0.2) is 37.2 Å². The molecule has 1 unspecified atom stereocenters. The number of aromatic nitrogens is 1. The molecule has 1 heterocycles. The van der Waals surface area contributed by atoms with Crippen molar-refractivity contribution in [2.24, 2.45) is 0 Å². The molecule has 0 amide bonds. The van der Waals surface area contributed by atoms with Crippen LogP contribution in [0.2, 0.25) is 0 Å². The topological polar surface area (TPSA) is 53.4 Å². The number of aliphatic hydroxyl groups is 2. The van der Waals surface area contributed by atoms with E-state index >= 15 is 0 Å². The maximum Gasteiger partial charge on any atom is 0.0967 e. The van der Waals surface area contributed by atoms with Gasteiger partial charge >= 0.3 is 0 Å². The van der Waals surface area contributed by atoms with Gasteiger partial charge in [-0.25, -0.2) is 0 Å². The molecule has 1 aromatic heterocycles. The first-order valence-corrected chi connectivity index (χ1v) is 4.57. The molecule has 76 valence electrons. The highest BCUT2D eigenvalue weighted by molar-refractivity contribution is 5.19. The van der Waals surface area contributed by atoms with E-state index < -0.39 is 5.60 Å². The van der Waals surface area contributed by atoms with E-state index in [2.05, 4.69) is 11.6 Å². The molecular weight excluding hydrogens is 178 g/mol. The number of aliphatic hydroxyl groups excluding tert-OH is 1. The Kier molecular flexibility index (Phi) is 3.80. The molecule has 1 aromatic rings. The van der Waals surface area contributed by atoms with Crippen LogP contribution in [-0.2, 0) is 5.60 Å². The molecule has 0 bridgehead atoms. The Bertz CT molecular complexity index is 287. The van der Waals surface area contributed by atoms with Gasteiger partial charge in [0.15, 0.2) is 0 Å². The number of nitrogens with zero attached hydrogens (tertiary/aromatic N) is 1. The Balaban J connectivity index is 2.92. The average molecular weight is 193 g/mol. The van der Waals surface area contributed by atoms with E-state index in [1.54, 1.807) is 30.6 Å². The normalized spacial score (nSPS) is 14.7. The molecule has 3 heteroatoms. The molecule has 3 nitrogen and oxygen atoms in total. The van der Waals surface area contributed by atoms with Crippen LogP contribution in [0.1, 0.15) is 18.4 Å². The maximum absolute atomic E-state index is 10.2. The third kappa shape index (κ3) is 2.40. The Morgan fingerprint density at radius 1 is 1.57 bits per heavy atom. The molecule has 1 rings (SSSR count). The van der Waals surface area contributed by atoms with Gasteiger partial charge in [-0.2, -0.15) is 0 Å². The largest absolute Gasteiger partial charge is 0.396 e. The van der Waals surface area contributed by atoms with Crippen molar-refractivity contribution in [3.05, 3.63) is 42.7 Å². The highest BCUT2D eigenvalue weighted by atomic mass is 16.3. The zero-order valence-corrected chi connectivity index (χ0v) is 8.06. The van der Waals surface area contributed by atoms with E-state index in [0.717, 1.165) is 0 Å². The van der Waals surface area contributed by atoms with Gasteiger partial charge in [0.05, 0.1) is 5.60 Å². The zero-order valence-electron chi connectivity index (χ0n) is 8.06. The molecule has 0 spiro atoms. The number of pyridine rings is 1. The van der Waals surface area contributed by atoms with E-state index in [0.29, 0.717) is 18.4 Å². The first-order valence-electron chi connectivity index (χ1n) is 4.57. The fourth-order valence-electron chi connectivity index (χ4n) is 1.43. The summed E-state index contributed by atoms with van der Waals surface area (Å²) in [5.41, 5.74) is -0.320. The number of rotatable bonds is 5. The summed E-state index contributed by atoms with van der Waals surface area (Å²) >= 11 is 0. The van der Waals surface area contributed by atoms with Crippen LogP contribution in [-0.4, -0.2) is 21.8 Å². The SMILES string of the molecule is C=CCC(O)(CCO)c1cccnc1. The van der Waals surface area contributed by atoms with Gasteiger partial charge in [0.1, 0.15) is 0 Å². The van der Waals surface area contributed by atoms with Crippen molar-refractivity contribution in [2.75, 3.05) is 6.61 Å². The Hall–Kier alpha value is -1.19. The van der Waals surface area contributed by atoms with Crippen LogP contribution in [0.4, 0.5) is 0 Å². The van der Waals surface area contributed by atoms with Crippen molar-refractivity contribution in [1.82, 2.24) is 4.98 Å². The molecular formula is C11H15NO2. The second-order valence-electron chi connectivity index (χ2n) is 3.24. The van der Waals surface area contributed by atoms with Crippen molar-refractivity contribution in [2.45, 2.75) is 18.4 Å². The predicted molar refractivity (Wildman–Crippen MR) is 54.7 cm³/mol. The molecule has 0 aliphatic rings. The van der Waals surface area contributed by atoms with Crippen molar-refractivity contribution < 1.29 is 10.2 Å². The van der Waals surface area contributed by atoms with Crippen molar-refractivity contribution in [1.29, 1.82) is 0 Å². The van der Waals surface area contributed by atoms with Crippen molar-refractivity contribution in [3.63, 3.8) is 0 Å². The van der Waals surface area contributed by atoms with E-state index in [-0.39, 0.29) is 6.61 Å². The smallest absolute Gasteiger partial charge is 0.0967 e. The molecule has 1 atom stereocenters. The highest BCUT2D eigenvalue weighted by Gasteiger charge is 2.27. The van der Waals surface area contributed by atoms with E-state index in [1.165, 1.54) is 0 Å². The molecule has 14 heavy (non-hydrogen) atoms. The van der Waals surface area contributed by atoms with E-state index in [1.807, 2.05) is 0 Å². The van der Waals surface area contributed by atoms with Gasteiger partial charge < -0.3 is 10.2 Å². The van der Waals surface area contributed by atoms with E-state index in [4.69, 9.17) is 5.11 Å². The summed E-state index contributed by atoms with van der Waals surface area (Å²) < 4.78 is 0. The summed E-state index contributed by atoms with van der Waals surface area (Å²) in [7, 11) is 0. The molecule has 0 fully saturated rings. The predicted octanol–water partition coefficient (Wildman–Crippen LogP) is 1.23. The third-order valence-corrected chi connectivity index (χ3v) is 2.21. The van der Waals surface area contributed by atoms with Gasteiger partial charge in [-0.1, -0.05) is 12.1 Å². The standard InChI is InChI=1S/C11H15NO2/c1-2-5-11(14,6-8-13)10-4-3-7-12-9-10/h2-4,7,9,13-14H,1,5-6,8H2. The zero-order chi connectivity index (χ0) is 10.4. The first kappa shape index (κ1) is 10.9. The van der Waals surface area contributed by atoms with Gasteiger partial charge in [0.25, 0.3) is 0 Å². The van der Waals surface area contributed by atoms with Crippen LogP contribution in [0.3, 0.4) is 0 Å². The number of hydrogen-bond donors (Lipinski definition) is 2. The summed E-state index contributed by atoms with van der Waals surface area (Å²) in [6.45, 7) is 3.54. The Morgan fingerprint density at radius 3 is 2.86 bits per heavy atom. The van der Waals surface area contributed by atoms with Crippen LogP contribution < -0.4 is 0 Å².